The molecule has 0 aromatic carbocycles. The summed E-state index contributed by atoms with van der Waals surface area (Å²) >= 11 is 1.78. The van der Waals surface area contributed by atoms with Crippen molar-refractivity contribution < 1.29 is 8.42 Å². The Hall–Kier alpha value is 0.260. The van der Waals surface area contributed by atoms with Crippen LogP contribution in [0, 0.1) is 0 Å². The summed E-state index contributed by atoms with van der Waals surface area (Å²) in [5.74, 6) is 0.206. The van der Waals surface area contributed by atoms with Gasteiger partial charge >= 0.3 is 0 Å². The van der Waals surface area contributed by atoms with Crippen molar-refractivity contribution in [3.05, 3.63) is 0 Å². The maximum Gasteiger partial charge on any atom is 0.148 e. The van der Waals surface area contributed by atoms with Gasteiger partial charge in [-0.25, -0.2) is 8.42 Å². The second-order valence-corrected chi connectivity index (χ2v) is 8.04. The number of hydrogen-bond acceptors (Lipinski definition) is 4. The summed E-state index contributed by atoms with van der Waals surface area (Å²) < 4.78 is 22.1. The molecular formula is C9H21NO2S2. The summed E-state index contributed by atoms with van der Waals surface area (Å²) in [4.78, 5) is 0. The van der Waals surface area contributed by atoms with Crippen molar-refractivity contribution in [2.24, 2.45) is 0 Å². The normalized spacial score (nSPS) is 15.5. The van der Waals surface area contributed by atoms with E-state index in [1.165, 1.54) is 6.26 Å². The van der Waals surface area contributed by atoms with Crippen LogP contribution < -0.4 is 5.32 Å². The molecule has 0 aliphatic rings. The Morgan fingerprint density at radius 2 is 1.93 bits per heavy atom. The zero-order valence-electron chi connectivity index (χ0n) is 9.62. The topological polar surface area (TPSA) is 46.2 Å². The molecule has 0 spiro atoms. The van der Waals surface area contributed by atoms with Crippen molar-refractivity contribution in [1.29, 1.82) is 0 Å². The highest BCUT2D eigenvalue weighted by molar-refractivity contribution is 7.99. The van der Waals surface area contributed by atoms with Crippen LogP contribution in [0.3, 0.4) is 0 Å². The highest BCUT2D eigenvalue weighted by Crippen LogP contribution is 2.19. The minimum Gasteiger partial charge on any atom is -0.312 e. The third-order valence-corrected chi connectivity index (χ3v) is 4.34. The fraction of sp³-hybridized carbons (Fsp3) is 1.00. The summed E-state index contributed by atoms with van der Waals surface area (Å²) in [6, 6.07) is 0.0245. The predicted octanol–water partition coefficient (Wildman–Crippen LogP) is 1.15. The van der Waals surface area contributed by atoms with Gasteiger partial charge in [0.25, 0.3) is 0 Å². The summed E-state index contributed by atoms with van der Waals surface area (Å²) in [5.41, 5.74) is 0. The zero-order valence-corrected chi connectivity index (χ0v) is 11.3. The molecule has 0 amide bonds. The Balaban J connectivity index is 3.92. The van der Waals surface area contributed by atoms with Crippen LogP contribution in [0.1, 0.15) is 20.8 Å². The van der Waals surface area contributed by atoms with Crippen molar-refractivity contribution in [1.82, 2.24) is 5.32 Å². The standard InChI is InChI=1S/C9H21NO2S2/c1-8(6-14(5,11)12)10-7-9(2,3)13-4/h8,10H,6-7H2,1-5H3. The lowest BCUT2D eigenvalue weighted by atomic mass is 10.2. The van der Waals surface area contributed by atoms with Gasteiger partial charge in [-0.05, 0) is 27.0 Å². The average Bonchev–Trinajstić information content (AvgIpc) is 1.98. The van der Waals surface area contributed by atoms with Gasteiger partial charge in [-0.1, -0.05) is 0 Å². The third kappa shape index (κ3) is 7.64. The first-order valence-corrected chi connectivity index (χ1v) is 7.91. The molecule has 3 nitrogen and oxygen atoms in total. The van der Waals surface area contributed by atoms with Crippen molar-refractivity contribution in [3.8, 4) is 0 Å². The van der Waals surface area contributed by atoms with Crippen LogP contribution in [0.5, 0.6) is 0 Å². The molecule has 0 radical (unpaired) electrons. The first-order chi connectivity index (χ1) is 6.16. The monoisotopic (exact) mass is 239 g/mol. The maximum atomic E-state index is 11.0. The number of nitrogens with one attached hydrogen (secondary N) is 1. The van der Waals surface area contributed by atoms with Gasteiger partial charge in [0.15, 0.2) is 0 Å². The number of rotatable bonds is 6. The van der Waals surface area contributed by atoms with Crippen LogP contribution in [0.4, 0.5) is 0 Å². The van der Waals surface area contributed by atoms with Gasteiger partial charge in [0.1, 0.15) is 9.84 Å². The number of sulfone groups is 1. The summed E-state index contributed by atoms with van der Waals surface area (Å²) in [6.07, 6.45) is 3.33. The van der Waals surface area contributed by atoms with Gasteiger partial charge in [0.2, 0.25) is 0 Å². The molecule has 1 unspecified atom stereocenters. The molecule has 1 N–H and O–H groups in total. The fourth-order valence-corrected chi connectivity index (χ4v) is 2.26. The SMILES string of the molecule is CSC(C)(C)CNC(C)CS(C)(=O)=O. The van der Waals surface area contributed by atoms with Crippen LogP contribution in [0.25, 0.3) is 0 Å². The quantitative estimate of drug-likeness (QED) is 0.755. The molecule has 1 atom stereocenters. The summed E-state index contributed by atoms with van der Waals surface area (Å²) in [6.45, 7) is 7.00. The van der Waals surface area contributed by atoms with E-state index in [-0.39, 0.29) is 16.5 Å². The van der Waals surface area contributed by atoms with E-state index in [1.54, 1.807) is 11.8 Å². The van der Waals surface area contributed by atoms with E-state index in [0.29, 0.717) is 0 Å². The molecule has 0 heterocycles. The molecule has 0 aromatic rings. The second-order valence-electron chi connectivity index (χ2n) is 4.34. The van der Waals surface area contributed by atoms with Crippen LogP contribution in [-0.4, -0.2) is 44.0 Å². The van der Waals surface area contributed by atoms with Gasteiger partial charge in [-0.15, -0.1) is 0 Å². The van der Waals surface area contributed by atoms with Gasteiger partial charge < -0.3 is 5.32 Å². The minimum atomic E-state index is -2.87. The molecule has 0 fully saturated rings. The molecule has 86 valence electrons. The summed E-state index contributed by atoms with van der Waals surface area (Å²) in [7, 11) is -2.87. The van der Waals surface area contributed by atoms with Gasteiger partial charge in [-0.3, -0.25) is 0 Å². The predicted molar refractivity (Wildman–Crippen MR) is 64.8 cm³/mol. The van der Waals surface area contributed by atoms with Gasteiger partial charge in [0, 0.05) is 23.6 Å². The molecule has 0 saturated heterocycles. The third-order valence-electron chi connectivity index (χ3n) is 1.98. The van der Waals surface area contributed by atoms with Crippen LogP contribution in [0.15, 0.2) is 0 Å². The average molecular weight is 239 g/mol. The lowest BCUT2D eigenvalue weighted by Crippen LogP contribution is -2.40. The van der Waals surface area contributed by atoms with Crippen LogP contribution >= 0.6 is 11.8 Å². The Bertz CT molecular complexity index is 260. The fourth-order valence-electron chi connectivity index (χ4n) is 1.01. The highest BCUT2D eigenvalue weighted by Gasteiger charge is 2.18. The van der Waals surface area contributed by atoms with E-state index >= 15 is 0 Å². The molecule has 0 bridgehead atoms. The van der Waals surface area contributed by atoms with Crippen molar-refractivity contribution in [3.63, 3.8) is 0 Å². The maximum absolute atomic E-state index is 11.0. The molecule has 0 aliphatic carbocycles. The Labute approximate surface area is 92.0 Å². The van der Waals surface area contributed by atoms with Crippen molar-refractivity contribution >= 4 is 21.6 Å². The molecule has 0 rings (SSSR count). The Morgan fingerprint density at radius 3 is 2.29 bits per heavy atom. The molecule has 0 aliphatic heterocycles. The molecular weight excluding hydrogens is 218 g/mol. The van der Waals surface area contributed by atoms with Crippen LogP contribution in [0.2, 0.25) is 0 Å². The van der Waals surface area contributed by atoms with E-state index in [2.05, 4.69) is 25.4 Å². The first kappa shape index (κ1) is 14.3. The first-order valence-electron chi connectivity index (χ1n) is 4.62. The lowest BCUT2D eigenvalue weighted by Gasteiger charge is -2.24. The summed E-state index contributed by atoms with van der Waals surface area (Å²) in [5, 5.41) is 3.23. The van der Waals surface area contributed by atoms with Crippen molar-refractivity contribution in [2.75, 3.05) is 24.8 Å². The Kier molecular flexibility index (Phi) is 5.47. The van der Waals surface area contributed by atoms with E-state index in [4.69, 9.17) is 0 Å². The van der Waals surface area contributed by atoms with E-state index in [9.17, 15) is 8.42 Å². The van der Waals surface area contributed by atoms with Gasteiger partial charge in [0.05, 0.1) is 5.75 Å². The smallest absolute Gasteiger partial charge is 0.148 e. The molecule has 14 heavy (non-hydrogen) atoms. The minimum absolute atomic E-state index is 0.0245. The Morgan fingerprint density at radius 1 is 1.43 bits per heavy atom. The van der Waals surface area contributed by atoms with Crippen LogP contribution in [-0.2, 0) is 9.84 Å². The van der Waals surface area contributed by atoms with E-state index in [1.807, 2.05) is 6.92 Å². The zero-order chi connectivity index (χ0) is 11.4. The number of hydrogen-bond donors (Lipinski definition) is 1. The molecule has 0 saturated carbocycles. The molecule has 0 aromatic heterocycles. The second kappa shape index (κ2) is 5.37. The van der Waals surface area contributed by atoms with E-state index in [0.717, 1.165) is 6.54 Å². The van der Waals surface area contributed by atoms with Gasteiger partial charge in [-0.2, -0.15) is 11.8 Å². The van der Waals surface area contributed by atoms with E-state index < -0.39 is 9.84 Å². The lowest BCUT2D eigenvalue weighted by molar-refractivity contribution is 0.524. The molecule has 5 heteroatoms. The highest BCUT2D eigenvalue weighted by atomic mass is 32.2. The number of thioether (sulfide) groups is 1. The largest absolute Gasteiger partial charge is 0.312 e. The van der Waals surface area contributed by atoms with Crippen molar-refractivity contribution in [2.45, 2.75) is 31.6 Å².